The third-order valence-electron chi connectivity index (χ3n) is 13.6. The van der Waals surface area contributed by atoms with Crippen LogP contribution in [0.5, 0.6) is 0 Å². The number of fused-ring (bicyclic) bond motifs is 12. The van der Waals surface area contributed by atoms with Crippen molar-refractivity contribution in [2.24, 2.45) is 0 Å². The summed E-state index contributed by atoms with van der Waals surface area (Å²) in [5.41, 5.74) is 12.9. The third-order valence-corrected chi connectivity index (χ3v) is 14.7. The first kappa shape index (κ1) is 37.0. The van der Waals surface area contributed by atoms with Gasteiger partial charge in [-0.1, -0.05) is 158 Å². The van der Waals surface area contributed by atoms with Gasteiger partial charge < -0.3 is 13.9 Å². The van der Waals surface area contributed by atoms with E-state index in [-0.39, 0.29) is 0 Å². The summed E-state index contributed by atoms with van der Waals surface area (Å²) < 4.78 is 12.0. The second-order valence-electron chi connectivity index (χ2n) is 17.2. The Hall–Kier alpha value is -8.44. The lowest BCUT2D eigenvalue weighted by molar-refractivity contribution is 0.670. The van der Waals surface area contributed by atoms with Gasteiger partial charge in [0.15, 0.2) is 0 Å². The molecule has 0 spiro atoms. The van der Waals surface area contributed by atoms with Gasteiger partial charge in [-0.15, -0.1) is 11.3 Å². The second-order valence-corrected chi connectivity index (χ2v) is 18.3. The number of benzene rings is 11. The summed E-state index contributed by atoms with van der Waals surface area (Å²) in [6.45, 7) is 0. The molecule has 0 amide bonds. The van der Waals surface area contributed by atoms with Crippen molar-refractivity contribution in [1.29, 1.82) is 0 Å². The number of para-hydroxylation sites is 4. The quantitative estimate of drug-likeness (QED) is 0.155. The lowest BCUT2D eigenvalue weighted by Gasteiger charge is -2.30. The molecule has 0 atom stereocenters. The van der Waals surface area contributed by atoms with Crippen LogP contribution in [0.25, 0.3) is 113 Å². The molecule has 0 aliphatic carbocycles. The standard InChI is InChI=1S/C62H38N2OS/c1-2-16-43-40(15-1)38-57(47-19-4-3-18-46(43)47)64(53-24-10-5-17-44(53)41-31-36-60-52(37-41)50-22-9-14-28-59(50)66-60)56-35-34-45(62-61(56)51-23-8-13-27-58(51)65-62)39-29-32-42(33-30-39)63-54-25-11-6-20-48(54)49-21-7-12-26-55(49)63/h1-38H. The first-order valence-electron chi connectivity index (χ1n) is 22.5. The molecule has 0 bridgehead atoms. The van der Waals surface area contributed by atoms with Crippen molar-refractivity contribution >= 4 is 114 Å². The Balaban J connectivity index is 1.02. The van der Waals surface area contributed by atoms with Crippen LogP contribution in [0.2, 0.25) is 0 Å². The maximum absolute atomic E-state index is 7.04. The number of aromatic nitrogens is 1. The maximum Gasteiger partial charge on any atom is 0.145 e. The SMILES string of the molecule is c1ccc(N(c2cc3ccccc3c3ccccc23)c2ccc(-c3ccc(-n4c5ccccc5c5ccccc54)cc3)c3oc4ccccc4c23)c(-c2ccc3sc4ccccc4c3c2)c1. The fourth-order valence-electron chi connectivity index (χ4n) is 10.6. The highest BCUT2D eigenvalue weighted by atomic mass is 32.1. The van der Waals surface area contributed by atoms with Crippen LogP contribution in [0, 0.1) is 0 Å². The maximum atomic E-state index is 7.04. The van der Waals surface area contributed by atoms with Crippen molar-refractivity contribution in [3.63, 3.8) is 0 Å². The Kier molecular flexibility index (Phi) is 8.15. The summed E-state index contributed by atoms with van der Waals surface area (Å²) in [4.78, 5) is 2.50. The van der Waals surface area contributed by atoms with Gasteiger partial charge in [0, 0.05) is 58.5 Å². The van der Waals surface area contributed by atoms with Gasteiger partial charge in [0.25, 0.3) is 0 Å². The molecule has 308 valence electrons. The van der Waals surface area contributed by atoms with Crippen LogP contribution < -0.4 is 4.90 Å². The Morgan fingerprint density at radius 1 is 0.364 bits per heavy atom. The summed E-state index contributed by atoms with van der Waals surface area (Å²) in [6.07, 6.45) is 0. The minimum atomic E-state index is 0.856. The predicted molar refractivity (Wildman–Crippen MR) is 282 cm³/mol. The number of rotatable bonds is 6. The van der Waals surface area contributed by atoms with Gasteiger partial charge >= 0.3 is 0 Å². The number of hydrogen-bond donors (Lipinski definition) is 0. The van der Waals surface area contributed by atoms with Crippen molar-refractivity contribution in [1.82, 2.24) is 4.57 Å². The van der Waals surface area contributed by atoms with Crippen LogP contribution in [0.15, 0.2) is 235 Å². The molecule has 11 aromatic carbocycles. The van der Waals surface area contributed by atoms with E-state index in [0.717, 1.165) is 61.4 Å². The number of thiophene rings is 1. The fraction of sp³-hybridized carbons (Fsp3) is 0. The van der Waals surface area contributed by atoms with E-state index in [1.54, 1.807) is 0 Å². The summed E-state index contributed by atoms with van der Waals surface area (Å²) in [5.74, 6) is 0. The van der Waals surface area contributed by atoms with Crippen molar-refractivity contribution in [3.05, 3.63) is 231 Å². The Labute approximate surface area is 384 Å². The largest absolute Gasteiger partial charge is 0.455 e. The second kappa shape index (κ2) is 14.5. The molecular formula is C62H38N2OS. The van der Waals surface area contributed by atoms with Crippen LogP contribution in [-0.4, -0.2) is 4.57 Å². The Bertz CT molecular complexity index is 4190. The Morgan fingerprint density at radius 3 is 1.77 bits per heavy atom. The molecule has 3 aromatic heterocycles. The van der Waals surface area contributed by atoms with Gasteiger partial charge in [-0.3, -0.25) is 0 Å². The van der Waals surface area contributed by atoms with E-state index in [0.29, 0.717) is 0 Å². The van der Waals surface area contributed by atoms with Gasteiger partial charge in [0.1, 0.15) is 11.2 Å². The van der Waals surface area contributed by atoms with Crippen LogP contribution in [0.1, 0.15) is 0 Å². The number of furan rings is 1. The van der Waals surface area contributed by atoms with Crippen molar-refractivity contribution in [2.45, 2.75) is 0 Å². The van der Waals surface area contributed by atoms with E-state index in [1.807, 2.05) is 11.3 Å². The number of anilines is 3. The zero-order chi connectivity index (χ0) is 43.3. The first-order chi connectivity index (χ1) is 32.7. The highest BCUT2D eigenvalue weighted by Gasteiger charge is 2.26. The molecule has 0 saturated carbocycles. The normalized spacial score (nSPS) is 11.9. The molecule has 4 heteroatoms. The summed E-state index contributed by atoms with van der Waals surface area (Å²) in [7, 11) is 0. The average Bonchev–Trinajstić information content (AvgIpc) is 4.07. The predicted octanol–water partition coefficient (Wildman–Crippen LogP) is 18.2. The highest BCUT2D eigenvalue weighted by molar-refractivity contribution is 7.25. The lowest BCUT2D eigenvalue weighted by Crippen LogP contribution is -2.12. The lowest BCUT2D eigenvalue weighted by atomic mass is 9.95. The number of nitrogens with zero attached hydrogens (tertiary/aromatic N) is 2. The van der Waals surface area contributed by atoms with E-state index in [4.69, 9.17) is 4.42 Å². The zero-order valence-electron chi connectivity index (χ0n) is 35.7. The summed E-state index contributed by atoms with van der Waals surface area (Å²) in [6, 6.07) is 84.0. The van der Waals surface area contributed by atoms with E-state index < -0.39 is 0 Å². The topological polar surface area (TPSA) is 21.3 Å². The molecule has 0 aliphatic heterocycles. The molecule has 0 radical (unpaired) electrons. The van der Waals surface area contributed by atoms with Gasteiger partial charge in [-0.2, -0.15) is 0 Å². The van der Waals surface area contributed by atoms with Crippen LogP contribution in [-0.2, 0) is 0 Å². The molecule has 14 aromatic rings. The highest BCUT2D eigenvalue weighted by Crippen LogP contribution is 2.51. The number of hydrogen-bond acceptors (Lipinski definition) is 3. The Morgan fingerprint density at radius 2 is 0.970 bits per heavy atom. The van der Waals surface area contributed by atoms with E-state index in [2.05, 4.69) is 240 Å². The van der Waals surface area contributed by atoms with Crippen LogP contribution >= 0.6 is 11.3 Å². The molecule has 0 saturated heterocycles. The smallest absolute Gasteiger partial charge is 0.145 e. The average molecular weight is 859 g/mol. The third kappa shape index (κ3) is 5.55. The molecule has 3 nitrogen and oxygen atoms in total. The molecule has 14 rings (SSSR count). The minimum Gasteiger partial charge on any atom is -0.455 e. The van der Waals surface area contributed by atoms with Crippen molar-refractivity contribution in [2.75, 3.05) is 4.90 Å². The molecule has 66 heavy (non-hydrogen) atoms. The monoisotopic (exact) mass is 858 g/mol. The molecular weight excluding hydrogens is 821 g/mol. The molecule has 0 fully saturated rings. The molecule has 3 heterocycles. The van der Waals surface area contributed by atoms with Crippen molar-refractivity contribution < 1.29 is 4.42 Å². The molecule has 0 N–H and O–H groups in total. The van der Waals surface area contributed by atoms with Gasteiger partial charge in [0.2, 0.25) is 0 Å². The summed E-state index contributed by atoms with van der Waals surface area (Å²) >= 11 is 1.85. The summed E-state index contributed by atoms with van der Waals surface area (Å²) in [5, 5.41) is 12.0. The fourth-order valence-corrected chi connectivity index (χ4v) is 11.7. The van der Waals surface area contributed by atoms with Gasteiger partial charge in [-0.05, 0) is 100 Å². The molecule has 0 aliphatic rings. The van der Waals surface area contributed by atoms with Crippen LogP contribution in [0.3, 0.4) is 0 Å². The molecule has 0 unspecified atom stereocenters. The van der Waals surface area contributed by atoms with E-state index in [9.17, 15) is 0 Å². The van der Waals surface area contributed by atoms with Crippen LogP contribution in [0.4, 0.5) is 17.1 Å². The van der Waals surface area contributed by atoms with E-state index >= 15 is 0 Å². The van der Waals surface area contributed by atoms with Crippen molar-refractivity contribution in [3.8, 4) is 27.9 Å². The van der Waals surface area contributed by atoms with Gasteiger partial charge in [-0.25, -0.2) is 0 Å². The van der Waals surface area contributed by atoms with E-state index in [1.165, 1.54) is 69.1 Å². The minimum absolute atomic E-state index is 0.856. The first-order valence-corrected chi connectivity index (χ1v) is 23.3. The van der Waals surface area contributed by atoms with Gasteiger partial charge in [0.05, 0.1) is 33.5 Å². The zero-order valence-corrected chi connectivity index (χ0v) is 36.5.